The van der Waals surface area contributed by atoms with Crippen LogP contribution in [0.4, 0.5) is 0 Å². The molecule has 3 fully saturated rings. The number of rotatable bonds is 26. The summed E-state index contributed by atoms with van der Waals surface area (Å²) in [6.07, 6.45) is 7.44. The number of nitrogens with one attached hydrogen (secondary N) is 4. The molecule has 5 N–H and O–H groups in total. The number of fused-ring (bicyclic) bond motifs is 1. The summed E-state index contributed by atoms with van der Waals surface area (Å²) in [5.41, 5.74) is 11.1. The number of aryl methyl sites for hydroxylation is 3. The first-order valence-corrected chi connectivity index (χ1v) is 30.8. The molecule has 1 aliphatic carbocycles. The Morgan fingerprint density at radius 1 is 0.786 bits per heavy atom. The van der Waals surface area contributed by atoms with Crippen molar-refractivity contribution in [1.82, 2.24) is 45.2 Å². The number of aromatic amines is 1. The SMILES string of the molecule is Cc1cc(C)c(CNC(=O)c2cc(-c3ccc(CN4CCN(CCOCCCOCCCOCC(=O)NC(C(=O)N5C[C@H](O)C[C@H]5C(=O)NCc5ccc(-c6scnc6C)cc5)C(C)(C)C)CC4)cc3)cc3c2ccn3C2CCCC2)c(=O)[nH]1. The number of carbonyl (C=O) groups excluding carboxylic acids is 4. The van der Waals surface area contributed by atoms with Gasteiger partial charge < -0.3 is 49.7 Å². The summed E-state index contributed by atoms with van der Waals surface area (Å²) in [6.45, 7) is 19.7. The average Bonchev–Trinajstić information content (AvgIpc) is 4.52. The smallest absolute Gasteiger partial charge is 0.253 e. The highest BCUT2D eigenvalue weighted by atomic mass is 32.1. The number of aliphatic hydroxyl groups excluding tert-OH is 1. The first-order valence-electron chi connectivity index (χ1n) is 29.9. The van der Waals surface area contributed by atoms with Crippen LogP contribution < -0.4 is 21.5 Å². The maximum absolute atomic E-state index is 14.0. The molecule has 450 valence electrons. The van der Waals surface area contributed by atoms with E-state index in [1.807, 2.05) is 83.5 Å². The zero-order chi connectivity index (χ0) is 59.3. The molecule has 18 nitrogen and oxygen atoms in total. The highest BCUT2D eigenvalue weighted by Crippen LogP contribution is 2.37. The third-order valence-corrected chi connectivity index (χ3v) is 17.5. The van der Waals surface area contributed by atoms with E-state index in [-0.39, 0.29) is 50.0 Å². The molecule has 3 aromatic heterocycles. The molecule has 0 spiro atoms. The molecule has 1 saturated carbocycles. The number of benzene rings is 3. The van der Waals surface area contributed by atoms with Crippen LogP contribution in [0.3, 0.4) is 0 Å². The molecular weight excluding hydrogens is 1080 g/mol. The summed E-state index contributed by atoms with van der Waals surface area (Å²) >= 11 is 1.58. The van der Waals surface area contributed by atoms with E-state index in [2.05, 4.69) is 82.9 Å². The fourth-order valence-electron chi connectivity index (χ4n) is 11.8. The number of amides is 4. The van der Waals surface area contributed by atoms with Crippen molar-refractivity contribution in [3.63, 3.8) is 0 Å². The number of hydrogen-bond acceptors (Lipinski definition) is 13. The molecule has 5 heterocycles. The Morgan fingerprint density at radius 3 is 2.13 bits per heavy atom. The summed E-state index contributed by atoms with van der Waals surface area (Å²) in [7, 11) is 0. The predicted molar refractivity (Wildman–Crippen MR) is 328 cm³/mol. The summed E-state index contributed by atoms with van der Waals surface area (Å²) in [5.74, 6) is -1.42. The van der Waals surface area contributed by atoms with Gasteiger partial charge in [-0.15, -0.1) is 11.3 Å². The Kier molecular flexibility index (Phi) is 21.4. The molecule has 0 radical (unpaired) electrons. The maximum atomic E-state index is 14.0. The first kappa shape index (κ1) is 62.0. The third kappa shape index (κ3) is 16.2. The van der Waals surface area contributed by atoms with E-state index in [0.29, 0.717) is 56.6 Å². The number of hydrogen-bond donors (Lipinski definition) is 5. The Labute approximate surface area is 497 Å². The highest BCUT2D eigenvalue weighted by molar-refractivity contribution is 7.13. The largest absolute Gasteiger partial charge is 0.391 e. The van der Waals surface area contributed by atoms with Gasteiger partial charge in [0, 0.05) is 132 Å². The van der Waals surface area contributed by atoms with E-state index in [4.69, 9.17) is 14.2 Å². The minimum absolute atomic E-state index is 0.00374. The first-order chi connectivity index (χ1) is 40.5. The van der Waals surface area contributed by atoms with Crippen molar-refractivity contribution in [1.29, 1.82) is 0 Å². The molecular formula is C65H85N9O9S. The van der Waals surface area contributed by atoms with Crippen molar-refractivity contribution in [3.05, 3.63) is 134 Å². The van der Waals surface area contributed by atoms with Crippen LogP contribution in [0.5, 0.6) is 0 Å². The number of likely N-dealkylation sites (tertiary alicyclic amines) is 1. The Hall–Kier alpha value is -6.58. The van der Waals surface area contributed by atoms with Crippen molar-refractivity contribution in [3.8, 4) is 21.6 Å². The molecule has 1 unspecified atom stereocenters. The molecule has 4 amide bonds. The molecule has 9 rings (SSSR count). The van der Waals surface area contributed by atoms with Gasteiger partial charge in [-0.1, -0.05) is 82.1 Å². The molecule has 0 bridgehead atoms. The number of nitrogens with zero attached hydrogens (tertiary/aromatic N) is 5. The fourth-order valence-corrected chi connectivity index (χ4v) is 12.6. The molecule has 3 aromatic carbocycles. The molecule has 2 aliphatic heterocycles. The van der Waals surface area contributed by atoms with E-state index < -0.39 is 35.4 Å². The summed E-state index contributed by atoms with van der Waals surface area (Å²) in [4.78, 5) is 81.9. The second-order valence-electron chi connectivity index (χ2n) is 24.0. The van der Waals surface area contributed by atoms with E-state index in [0.717, 1.165) is 114 Å². The number of aromatic nitrogens is 3. The summed E-state index contributed by atoms with van der Waals surface area (Å²) in [5, 5.41) is 20.4. The highest BCUT2D eigenvalue weighted by Gasteiger charge is 2.44. The van der Waals surface area contributed by atoms with E-state index in [9.17, 15) is 29.1 Å². The average molecular weight is 1170 g/mol. The second-order valence-corrected chi connectivity index (χ2v) is 24.8. The van der Waals surface area contributed by atoms with Gasteiger partial charge in [0.05, 0.1) is 28.8 Å². The standard InChI is InChI=1S/C65H85N9O9S/c1-43-33-44(2)69-62(78)55(43)38-67-61(77)54-34-50(35-56-53(54)21-22-73(56)51-11-7-8-12-51)48-17-15-47(16-18-48)39-72-25-23-71(24-26-72)27-32-82-30-9-28-81-29-10-31-83-41-58(76)70-60(65(4,5)6)64(80)74-40-52(75)36-57(74)63(79)66-37-46-13-19-49(20-14-46)59-45(3)68-42-84-59/h13-22,33-35,42,51-52,57,60,75H,7-12,23-32,36-41H2,1-6H3,(H,66,79)(H,67,77)(H,69,78)(H,70,76)/t52-,57+,60?/m1/s1. The van der Waals surface area contributed by atoms with Gasteiger partial charge in [-0.3, -0.25) is 33.8 Å². The summed E-state index contributed by atoms with van der Waals surface area (Å²) < 4.78 is 19.8. The molecule has 19 heteroatoms. The van der Waals surface area contributed by atoms with Crippen molar-refractivity contribution in [2.45, 2.75) is 130 Å². The lowest BCUT2D eigenvalue weighted by molar-refractivity contribution is -0.144. The van der Waals surface area contributed by atoms with Crippen LogP contribution in [0.1, 0.15) is 116 Å². The minimum Gasteiger partial charge on any atom is -0.391 e. The zero-order valence-electron chi connectivity index (χ0n) is 49.8. The van der Waals surface area contributed by atoms with Crippen LogP contribution in [0.25, 0.3) is 32.5 Å². The topological polar surface area (TPSA) is 213 Å². The summed E-state index contributed by atoms with van der Waals surface area (Å²) in [6, 6.07) is 23.5. The maximum Gasteiger partial charge on any atom is 0.253 e. The number of piperazine rings is 1. The van der Waals surface area contributed by atoms with Gasteiger partial charge in [0.1, 0.15) is 18.7 Å². The van der Waals surface area contributed by atoms with Gasteiger partial charge in [-0.25, -0.2) is 4.98 Å². The minimum atomic E-state index is -0.943. The Balaban J connectivity index is 0.630. The van der Waals surface area contributed by atoms with Gasteiger partial charge >= 0.3 is 0 Å². The number of carbonyl (C=O) groups is 4. The van der Waals surface area contributed by atoms with Crippen molar-refractivity contribution in [2.75, 3.05) is 78.9 Å². The lowest BCUT2D eigenvalue weighted by Crippen LogP contribution is -2.58. The lowest BCUT2D eigenvalue weighted by atomic mass is 9.85. The predicted octanol–water partition coefficient (Wildman–Crippen LogP) is 7.85. The number of thiazole rings is 1. The van der Waals surface area contributed by atoms with Crippen molar-refractivity contribution in [2.24, 2.45) is 5.41 Å². The van der Waals surface area contributed by atoms with E-state index in [1.54, 1.807) is 11.3 Å². The van der Waals surface area contributed by atoms with Gasteiger partial charge in [-0.2, -0.15) is 0 Å². The normalized spacial score (nSPS) is 17.5. The quantitative estimate of drug-likeness (QED) is 0.0329. The number of aliphatic hydroxyl groups is 1. The fraction of sp³-hybridized carbons (Fsp3) is 0.508. The number of β-amino-alcohol motifs (C(OH)–C–C–N with tert-alkyl or cyclic N) is 1. The van der Waals surface area contributed by atoms with Gasteiger partial charge in [0.2, 0.25) is 17.7 Å². The second kappa shape index (κ2) is 29.0. The molecule has 3 atom stereocenters. The number of ether oxygens (including phenoxy) is 3. The van der Waals surface area contributed by atoms with E-state index in [1.165, 1.54) is 23.3 Å². The number of pyridine rings is 1. The van der Waals surface area contributed by atoms with Gasteiger partial charge in [-0.05, 0) is 110 Å². The Bertz CT molecular complexity index is 3250. The molecule has 84 heavy (non-hydrogen) atoms. The third-order valence-electron chi connectivity index (χ3n) is 16.5. The van der Waals surface area contributed by atoms with Gasteiger partial charge in [0.25, 0.3) is 11.5 Å². The van der Waals surface area contributed by atoms with Crippen LogP contribution in [-0.4, -0.2) is 155 Å². The molecule has 2 saturated heterocycles. The van der Waals surface area contributed by atoms with Gasteiger partial charge in [0.15, 0.2) is 0 Å². The molecule has 3 aliphatic rings. The van der Waals surface area contributed by atoms with Crippen LogP contribution >= 0.6 is 11.3 Å². The van der Waals surface area contributed by atoms with Crippen molar-refractivity contribution < 1.29 is 38.5 Å². The van der Waals surface area contributed by atoms with Crippen LogP contribution in [0, 0.1) is 26.2 Å². The van der Waals surface area contributed by atoms with E-state index >= 15 is 0 Å². The van der Waals surface area contributed by atoms with Crippen LogP contribution in [0.2, 0.25) is 0 Å². The van der Waals surface area contributed by atoms with Crippen molar-refractivity contribution >= 4 is 45.9 Å². The molecule has 6 aromatic rings. The number of H-pyrrole nitrogens is 1. The Morgan fingerprint density at radius 2 is 1.45 bits per heavy atom. The monoisotopic (exact) mass is 1170 g/mol. The van der Waals surface area contributed by atoms with Crippen LogP contribution in [-0.2, 0) is 48.2 Å². The lowest BCUT2D eigenvalue weighted by Gasteiger charge is -2.35. The zero-order valence-corrected chi connectivity index (χ0v) is 50.6. The van der Waals surface area contributed by atoms with Crippen LogP contribution in [0.15, 0.2) is 89.3 Å².